The number of aliphatic hydroxyl groups excluding tert-OH is 1. The van der Waals surface area contributed by atoms with E-state index < -0.39 is 0 Å². The average molecular weight is 354 g/mol. The zero-order chi connectivity index (χ0) is 17.2. The Kier molecular flexibility index (Phi) is 4.65. The van der Waals surface area contributed by atoms with E-state index in [4.69, 9.17) is 10.1 Å². The Morgan fingerprint density at radius 2 is 1.84 bits per heavy atom. The van der Waals surface area contributed by atoms with Crippen LogP contribution in [0.3, 0.4) is 0 Å². The Labute approximate surface area is 151 Å². The maximum Gasteiger partial charge on any atom is 0.141 e. The van der Waals surface area contributed by atoms with Gasteiger partial charge >= 0.3 is 0 Å². The number of thiophene rings is 1. The van der Waals surface area contributed by atoms with Crippen molar-refractivity contribution in [1.29, 1.82) is 0 Å². The molecule has 3 aromatic rings. The van der Waals surface area contributed by atoms with Crippen LogP contribution in [-0.4, -0.2) is 59.3 Å². The molecule has 0 unspecified atom stereocenters. The second kappa shape index (κ2) is 7.07. The van der Waals surface area contributed by atoms with E-state index in [9.17, 15) is 0 Å². The Morgan fingerprint density at radius 1 is 1.08 bits per heavy atom. The van der Waals surface area contributed by atoms with E-state index in [1.807, 2.05) is 13.0 Å². The van der Waals surface area contributed by atoms with Gasteiger partial charge in [-0.3, -0.25) is 4.90 Å². The first-order valence-corrected chi connectivity index (χ1v) is 9.53. The number of benzene rings is 1. The van der Waals surface area contributed by atoms with Gasteiger partial charge in [0.1, 0.15) is 16.5 Å². The van der Waals surface area contributed by atoms with Gasteiger partial charge in [-0.2, -0.15) is 0 Å². The van der Waals surface area contributed by atoms with Crippen molar-refractivity contribution in [1.82, 2.24) is 14.9 Å². The molecule has 4 rings (SSSR count). The summed E-state index contributed by atoms with van der Waals surface area (Å²) in [5.41, 5.74) is 2.43. The van der Waals surface area contributed by atoms with Crippen LogP contribution in [0.1, 0.15) is 5.82 Å². The van der Waals surface area contributed by atoms with Crippen molar-refractivity contribution < 1.29 is 5.11 Å². The summed E-state index contributed by atoms with van der Waals surface area (Å²) in [6, 6.07) is 10.5. The van der Waals surface area contributed by atoms with Crippen molar-refractivity contribution in [3.8, 4) is 11.1 Å². The molecule has 0 bridgehead atoms. The number of aryl methyl sites for hydroxylation is 1. The molecular formula is C19H22N4OS. The van der Waals surface area contributed by atoms with E-state index in [1.165, 1.54) is 11.1 Å². The molecule has 0 atom stereocenters. The maximum absolute atomic E-state index is 9.14. The first kappa shape index (κ1) is 16.4. The first-order chi connectivity index (χ1) is 12.3. The van der Waals surface area contributed by atoms with E-state index in [0.29, 0.717) is 0 Å². The lowest BCUT2D eigenvalue weighted by molar-refractivity contribution is 0.188. The average Bonchev–Trinajstić information content (AvgIpc) is 3.06. The standard InChI is InChI=1S/C19H22N4OS/c1-14-20-18(23-9-7-22(8-10-23)11-12-24)17-16(13-25-19(17)21-14)15-5-3-2-4-6-15/h2-6,13,24H,7-12H2,1H3. The van der Waals surface area contributed by atoms with Crippen molar-refractivity contribution in [2.24, 2.45) is 0 Å². The van der Waals surface area contributed by atoms with Crippen LogP contribution in [0.15, 0.2) is 35.7 Å². The van der Waals surface area contributed by atoms with Crippen molar-refractivity contribution in [3.63, 3.8) is 0 Å². The number of piperazine rings is 1. The highest BCUT2D eigenvalue weighted by Gasteiger charge is 2.22. The van der Waals surface area contributed by atoms with Crippen LogP contribution < -0.4 is 4.90 Å². The fourth-order valence-electron chi connectivity index (χ4n) is 3.41. The summed E-state index contributed by atoms with van der Waals surface area (Å²) in [6.45, 7) is 6.70. The lowest BCUT2D eigenvalue weighted by Crippen LogP contribution is -2.47. The number of nitrogens with zero attached hydrogens (tertiary/aromatic N) is 4. The highest BCUT2D eigenvalue weighted by Crippen LogP contribution is 2.38. The molecule has 6 heteroatoms. The predicted molar refractivity (Wildman–Crippen MR) is 103 cm³/mol. The molecule has 0 aliphatic carbocycles. The molecule has 1 aliphatic heterocycles. The maximum atomic E-state index is 9.14. The minimum absolute atomic E-state index is 0.222. The summed E-state index contributed by atoms with van der Waals surface area (Å²) in [6.07, 6.45) is 0. The second-order valence-electron chi connectivity index (χ2n) is 6.34. The van der Waals surface area contributed by atoms with Gasteiger partial charge in [0.25, 0.3) is 0 Å². The van der Waals surface area contributed by atoms with Gasteiger partial charge in [-0.15, -0.1) is 11.3 Å². The Balaban J connectivity index is 1.74. The van der Waals surface area contributed by atoms with Gasteiger partial charge in [0, 0.05) is 43.7 Å². The number of aromatic nitrogens is 2. The van der Waals surface area contributed by atoms with E-state index in [0.717, 1.165) is 54.6 Å². The number of hydrogen-bond acceptors (Lipinski definition) is 6. The van der Waals surface area contributed by atoms with Crippen molar-refractivity contribution in [2.75, 3.05) is 44.2 Å². The molecule has 1 aromatic carbocycles. The topological polar surface area (TPSA) is 52.5 Å². The summed E-state index contributed by atoms with van der Waals surface area (Å²) >= 11 is 1.69. The summed E-state index contributed by atoms with van der Waals surface area (Å²) in [5.74, 6) is 1.87. The molecule has 0 saturated carbocycles. The Morgan fingerprint density at radius 3 is 2.56 bits per heavy atom. The molecule has 1 fully saturated rings. The largest absolute Gasteiger partial charge is 0.395 e. The van der Waals surface area contributed by atoms with Gasteiger partial charge in [0.15, 0.2) is 0 Å². The number of aliphatic hydroxyl groups is 1. The second-order valence-corrected chi connectivity index (χ2v) is 7.20. The van der Waals surface area contributed by atoms with Crippen molar-refractivity contribution >= 4 is 27.4 Å². The van der Waals surface area contributed by atoms with Gasteiger partial charge in [0.05, 0.1) is 12.0 Å². The van der Waals surface area contributed by atoms with Gasteiger partial charge < -0.3 is 10.0 Å². The van der Waals surface area contributed by atoms with E-state index in [1.54, 1.807) is 11.3 Å². The summed E-state index contributed by atoms with van der Waals surface area (Å²) in [5, 5.41) is 12.5. The lowest BCUT2D eigenvalue weighted by atomic mass is 10.1. The van der Waals surface area contributed by atoms with Gasteiger partial charge in [-0.05, 0) is 12.5 Å². The number of fused-ring (bicyclic) bond motifs is 1. The van der Waals surface area contributed by atoms with Gasteiger partial charge in [0.2, 0.25) is 0 Å². The van der Waals surface area contributed by atoms with E-state index in [-0.39, 0.29) is 6.61 Å². The molecule has 2 aromatic heterocycles. The molecule has 3 heterocycles. The third-order valence-corrected chi connectivity index (χ3v) is 5.57. The quantitative estimate of drug-likeness (QED) is 0.781. The van der Waals surface area contributed by atoms with Crippen LogP contribution in [0, 0.1) is 6.92 Å². The van der Waals surface area contributed by atoms with Gasteiger partial charge in [-0.1, -0.05) is 30.3 Å². The van der Waals surface area contributed by atoms with Crippen LogP contribution in [0.4, 0.5) is 5.82 Å². The summed E-state index contributed by atoms with van der Waals surface area (Å²) in [7, 11) is 0. The lowest BCUT2D eigenvalue weighted by Gasteiger charge is -2.35. The Bertz CT molecular complexity index is 856. The van der Waals surface area contributed by atoms with Crippen LogP contribution >= 0.6 is 11.3 Å². The van der Waals surface area contributed by atoms with Crippen LogP contribution in [0.25, 0.3) is 21.3 Å². The molecule has 0 spiro atoms. The predicted octanol–water partition coefficient (Wildman–Crippen LogP) is 2.78. The molecule has 0 radical (unpaired) electrons. The fourth-order valence-corrected chi connectivity index (χ4v) is 4.40. The third-order valence-electron chi connectivity index (χ3n) is 4.70. The van der Waals surface area contributed by atoms with E-state index in [2.05, 4.69) is 44.4 Å². The molecule has 1 aliphatic rings. The first-order valence-electron chi connectivity index (χ1n) is 8.65. The van der Waals surface area contributed by atoms with E-state index >= 15 is 0 Å². The minimum Gasteiger partial charge on any atom is -0.395 e. The van der Waals surface area contributed by atoms with Gasteiger partial charge in [-0.25, -0.2) is 9.97 Å². The number of hydrogen-bond donors (Lipinski definition) is 1. The number of β-amino-alcohol motifs (C(OH)–C–C–N with tert-alkyl or cyclic N) is 1. The smallest absolute Gasteiger partial charge is 0.141 e. The van der Waals surface area contributed by atoms with Crippen molar-refractivity contribution in [3.05, 3.63) is 41.5 Å². The molecule has 1 N–H and O–H groups in total. The molecule has 130 valence electrons. The molecular weight excluding hydrogens is 332 g/mol. The van der Waals surface area contributed by atoms with Crippen LogP contribution in [0.5, 0.6) is 0 Å². The minimum atomic E-state index is 0.222. The molecule has 25 heavy (non-hydrogen) atoms. The van der Waals surface area contributed by atoms with Crippen LogP contribution in [-0.2, 0) is 0 Å². The summed E-state index contributed by atoms with van der Waals surface area (Å²) < 4.78 is 0. The SMILES string of the molecule is Cc1nc(N2CCN(CCO)CC2)c2c(-c3ccccc3)csc2n1. The highest BCUT2D eigenvalue weighted by atomic mass is 32.1. The number of anilines is 1. The molecule has 0 amide bonds. The zero-order valence-electron chi connectivity index (χ0n) is 14.4. The molecule has 1 saturated heterocycles. The summed E-state index contributed by atoms with van der Waals surface area (Å²) in [4.78, 5) is 15.2. The monoisotopic (exact) mass is 354 g/mol. The normalized spacial score (nSPS) is 15.8. The highest BCUT2D eigenvalue weighted by molar-refractivity contribution is 7.17. The molecule has 5 nitrogen and oxygen atoms in total. The third kappa shape index (κ3) is 3.25. The fraction of sp³-hybridized carbons (Fsp3) is 0.368. The van der Waals surface area contributed by atoms with Crippen LogP contribution in [0.2, 0.25) is 0 Å². The Hall–Kier alpha value is -2.02. The van der Waals surface area contributed by atoms with Crippen molar-refractivity contribution in [2.45, 2.75) is 6.92 Å². The zero-order valence-corrected chi connectivity index (χ0v) is 15.2. The number of rotatable bonds is 4.